The Morgan fingerprint density at radius 3 is 2.87 bits per heavy atom. The summed E-state index contributed by atoms with van der Waals surface area (Å²) in [6.45, 7) is 2.31. The number of halogens is 1. The zero-order valence-electron chi connectivity index (χ0n) is 8.87. The second-order valence-corrected chi connectivity index (χ2v) is 5.73. The minimum absolute atomic E-state index is 0.480. The molecule has 2 aliphatic rings. The summed E-state index contributed by atoms with van der Waals surface area (Å²) in [4.78, 5) is 0. The van der Waals surface area contributed by atoms with E-state index in [9.17, 15) is 0 Å². The molecule has 1 nitrogen and oxygen atoms in total. The third kappa shape index (κ3) is 1.80. The third-order valence-electron chi connectivity index (χ3n) is 3.51. The van der Waals surface area contributed by atoms with Crippen molar-refractivity contribution in [1.29, 1.82) is 0 Å². The summed E-state index contributed by atoms with van der Waals surface area (Å²) in [7, 11) is 0. The zero-order valence-corrected chi connectivity index (χ0v) is 10.5. The van der Waals surface area contributed by atoms with E-state index in [1.54, 1.807) is 0 Å². The predicted molar refractivity (Wildman–Crippen MR) is 64.3 cm³/mol. The Bertz CT molecular complexity index is 384. The molecule has 80 valence electrons. The van der Waals surface area contributed by atoms with E-state index in [4.69, 9.17) is 4.74 Å². The topological polar surface area (TPSA) is 9.23 Å². The fraction of sp³-hybridized carbons (Fsp3) is 0.538. The number of fused-ring (bicyclic) bond motifs is 1. The minimum Gasteiger partial charge on any atom is -0.490 e. The van der Waals surface area contributed by atoms with Crippen LogP contribution in [-0.4, -0.2) is 6.10 Å². The Hall–Kier alpha value is -0.500. The van der Waals surface area contributed by atoms with Gasteiger partial charge in [0.05, 0.1) is 0 Å². The summed E-state index contributed by atoms with van der Waals surface area (Å²) in [5, 5.41) is 0. The maximum atomic E-state index is 6.06. The van der Waals surface area contributed by atoms with Crippen LogP contribution in [0.3, 0.4) is 0 Å². The first-order valence-electron chi connectivity index (χ1n) is 5.70. The van der Waals surface area contributed by atoms with Crippen molar-refractivity contribution in [3.05, 3.63) is 28.2 Å². The normalized spacial score (nSPS) is 29.5. The lowest BCUT2D eigenvalue weighted by atomic mass is 9.90. The number of hydrogen-bond donors (Lipinski definition) is 0. The van der Waals surface area contributed by atoms with Crippen molar-refractivity contribution in [1.82, 2.24) is 0 Å². The molecule has 15 heavy (non-hydrogen) atoms. The van der Waals surface area contributed by atoms with Crippen molar-refractivity contribution in [2.45, 2.75) is 38.2 Å². The van der Waals surface area contributed by atoms with Gasteiger partial charge in [0.2, 0.25) is 0 Å². The van der Waals surface area contributed by atoms with Crippen LogP contribution >= 0.6 is 15.9 Å². The highest BCUT2D eigenvalue weighted by molar-refractivity contribution is 9.10. The van der Waals surface area contributed by atoms with E-state index in [1.165, 1.54) is 24.8 Å². The van der Waals surface area contributed by atoms with Crippen LogP contribution in [0.2, 0.25) is 0 Å². The van der Waals surface area contributed by atoms with Gasteiger partial charge >= 0.3 is 0 Å². The molecule has 1 fully saturated rings. The maximum absolute atomic E-state index is 6.06. The molecule has 1 aromatic carbocycles. The van der Waals surface area contributed by atoms with Gasteiger partial charge in [-0.25, -0.2) is 0 Å². The molecule has 0 amide bonds. The van der Waals surface area contributed by atoms with Gasteiger partial charge in [-0.1, -0.05) is 22.9 Å². The molecule has 0 saturated heterocycles. The predicted octanol–water partition coefficient (Wildman–Crippen LogP) is 4.11. The summed E-state index contributed by atoms with van der Waals surface area (Å²) in [6, 6.07) is 6.37. The molecule has 2 heteroatoms. The molecule has 1 saturated carbocycles. The average molecular weight is 267 g/mol. The van der Waals surface area contributed by atoms with Crippen LogP contribution in [0.5, 0.6) is 5.75 Å². The Morgan fingerprint density at radius 2 is 2.13 bits per heavy atom. The molecule has 0 radical (unpaired) electrons. The Balaban J connectivity index is 1.93. The zero-order chi connectivity index (χ0) is 10.4. The maximum Gasteiger partial charge on any atom is 0.123 e. The molecule has 0 bridgehead atoms. The molecule has 0 N–H and O–H groups in total. The van der Waals surface area contributed by atoms with E-state index in [1.807, 2.05) is 0 Å². The van der Waals surface area contributed by atoms with Crippen molar-refractivity contribution in [3.8, 4) is 5.75 Å². The lowest BCUT2D eigenvalue weighted by Crippen LogP contribution is -2.26. The number of rotatable bonds is 1. The van der Waals surface area contributed by atoms with E-state index in [2.05, 4.69) is 41.1 Å². The van der Waals surface area contributed by atoms with E-state index in [0.717, 1.165) is 16.1 Å². The molecule has 2 unspecified atom stereocenters. The number of ether oxygens (including phenoxy) is 1. The summed E-state index contributed by atoms with van der Waals surface area (Å²) in [5.41, 5.74) is 1.36. The van der Waals surface area contributed by atoms with E-state index >= 15 is 0 Å². The summed E-state index contributed by atoms with van der Waals surface area (Å²) < 4.78 is 7.21. The van der Waals surface area contributed by atoms with Gasteiger partial charge in [0.25, 0.3) is 0 Å². The third-order valence-corrected chi connectivity index (χ3v) is 4.01. The molecular formula is C13H15BrO. The fourth-order valence-corrected chi connectivity index (χ4v) is 2.83. The summed E-state index contributed by atoms with van der Waals surface area (Å²) in [6.07, 6.45) is 4.40. The highest BCUT2D eigenvalue weighted by Gasteiger charge is 2.37. The fourth-order valence-electron chi connectivity index (χ4n) is 2.46. The molecule has 1 aliphatic heterocycles. The molecule has 1 heterocycles. The van der Waals surface area contributed by atoms with Gasteiger partial charge in [-0.2, -0.15) is 0 Å². The van der Waals surface area contributed by atoms with Gasteiger partial charge in [0, 0.05) is 4.47 Å². The average Bonchev–Trinajstić information content (AvgIpc) is 3.02. The smallest absolute Gasteiger partial charge is 0.123 e. The lowest BCUT2D eigenvalue weighted by Gasteiger charge is -2.30. The first-order valence-corrected chi connectivity index (χ1v) is 6.49. The molecule has 1 aliphatic carbocycles. The summed E-state index contributed by atoms with van der Waals surface area (Å²) >= 11 is 3.52. The second kappa shape index (κ2) is 3.51. The van der Waals surface area contributed by atoms with Crippen LogP contribution in [0, 0.1) is 5.92 Å². The van der Waals surface area contributed by atoms with Crippen molar-refractivity contribution in [3.63, 3.8) is 0 Å². The van der Waals surface area contributed by atoms with Crippen LogP contribution in [0.4, 0.5) is 0 Å². The van der Waals surface area contributed by atoms with Crippen LogP contribution < -0.4 is 4.74 Å². The number of benzene rings is 1. The first-order chi connectivity index (χ1) is 7.24. The SMILES string of the molecule is CC1CC(C2CC2)Oc2ccc(Br)cc21. The molecule has 0 aromatic heterocycles. The first kappa shape index (κ1) is 9.71. The van der Waals surface area contributed by atoms with Crippen LogP contribution in [0.15, 0.2) is 22.7 Å². The molecule has 0 spiro atoms. The Kier molecular flexibility index (Phi) is 2.27. The van der Waals surface area contributed by atoms with Gasteiger partial charge in [0.1, 0.15) is 11.9 Å². The van der Waals surface area contributed by atoms with E-state index < -0.39 is 0 Å². The molecule has 3 rings (SSSR count). The van der Waals surface area contributed by atoms with Crippen molar-refractivity contribution < 1.29 is 4.74 Å². The van der Waals surface area contributed by atoms with Gasteiger partial charge < -0.3 is 4.74 Å². The van der Waals surface area contributed by atoms with Crippen molar-refractivity contribution in [2.75, 3.05) is 0 Å². The van der Waals surface area contributed by atoms with Crippen molar-refractivity contribution >= 4 is 15.9 Å². The highest BCUT2D eigenvalue weighted by atomic mass is 79.9. The molecule has 2 atom stereocenters. The van der Waals surface area contributed by atoms with Crippen molar-refractivity contribution in [2.24, 2.45) is 5.92 Å². The van der Waals surface area contributed by atoms with Crippen LogP contribution in [0.25, 0.3) is 0 Å². The van der Waals surface area contributed by atoms with Gasteiger partial charge in [0.15, 0.2) is 0 Å². The monoisotopic (exact) mass is 266 g/mol. The largest absolute Gasteiger partial charge is 0.490 e. The standard InChI is InChI=1S/C13H15BrO/c1-8-6-13(9-2-3-9)15-12-5-4-10(14)7-11(8)12/h4-5,7-9,13H,2-3,6H2,1H3. The van der Waals surface area contributed by atoms with Gasteiger partial charge in [-0.05, 0) is 54.9 Å². The van der Waals surface area contributed by atoms with Crippen LogP contribution in [-0.2, 0) is 0 Å². The van der Waals surface area contributed by atoms with E-state index in [-0.39, 0.29) is 0 Å². The summed E-state index contributed by atoms with van der Waals surface area (Å²) in [5.74, 6) is 2.58. The lowest BCUT2D eigenvalue weighted by molar-refractivity contribution is 0.140. The molecule has 1 aromatic rings. The molecular weight excluding hydrogens is 252 g/mol. The van der Waals surface area contributed by atoms with Crippen LogP contribution in [0.1, 0.15) is 37.7 Å². The Morgan fingerprint density at radius 1 is 1.33 bits per heavy atom. The van der Waals surface area contributed by atoms with E-state index in [0.29, 0.717) is 12.0 Å². The minimum atomic E-state index is 0.480. The van der Waals surface area contributed by atoms with Gasteiger partial charge in [-0.3, -0.25) is 0 Å². The van der Waals surface area contributed by atoms with Gasteiger partial charge in [-0.15, -0.1) is 0 Å². The quantitative estimate of drug-likeness (QED) is 0.743. The highest BCUT2D eigenvalue weighted by Crippen LogP contribution is 2.45. The number of hydrogen-bond acceptors (Lipinski definition) is 1. The Labute approximate surface area is 99.0 Å². The second-order valence-electron chi connectivity index (χ2n) is 4.81.